The molecule has 22 heteroatoms. The van der Waals surface area contributed by atoms with Crippen LogP contribution in [0, 0.1) is 52.3 Å². The lowest BCUT2D eigenvalue weighted by molar-refractivity contribution is -0.404. The SMILES string of the molecule is C[C@@H]1CC[C@@]2(OC1)O[C@H]1C[C@H]3[C@H]4CC[C@H]5C[C@@H](O[C@@H]6O[C@H](CO)[C@H](O[C@@H]7O[C@H](CO)[C@@H](O)[C@H](O[C@@H]8OC[C@@H](O)[C@H](O)[C@H]8O)[C@H]7O[C@@H]7O[C@H](CO)[C@@H](O)[C@H](O)[C@H]7O)[C@H](O)[C@H]6O)CC[C@]5(C)[C@H]4CC[C@]3(C)[C@H]1[C@@H]2C. The molecule has 0 aromatic heterocycles. The van der Waals surface area contributed by atoms with Crippen molar-refractivity contribution >= 4 is 0 Å². The molecule has 0 aromatic rings. The molecule has 0 radical (unpaired) electrons. The first-order valence-corrected chi connectivity index (χ1v) is 26.7. The molecule has 4 aliphatic carbocycles. The average molecular weight is 1040 g/mol. The summed E-state index contributed by atoms with van der Waals surface area (Å²) in [5.74, 6) is 3.06. The molecule has 0 unspecified atom stereocenters. The average Bonchev–Trinajstić information content (AvgIpc) is 3.82. The van der Waals surface area contributed by atoms with Crippen LogP contribution in [0.1, 0.15) is 91.9 Å². The number of aliphatic hydroxyl groups excluding tert-OH is 12. The number of ether oxygens (including phenoxy) is 10. The van der Waals surface area contributed by atoms with Crippen molar-refractivity contribution in [2.45, 2.75) is 227 Å². The molecule has 6 saturated heterocycles. The zero-order valence-electron chi connectivity index (χ0n) is 41.7. The topological polar surface area (TPSA) is 335 Å². The third-order valence-electron chi connectivity index (χ3n) is 20.0. The molecule has 10 fully saturated rings. The van der Waals surface area contributed by atoms with Crippen molar-refractivity contribution in [2.24, 2.45) is 52.3 Å². The van der Waals surface area contributed by atoms with Crippen LogP contribution in [0.4, 0.5) is 0 Å². The van der Waals surface area contributed by atoms with E-state index in [2.05, 4.69) is 27.7 Å². The summed E-state index contributed by atoms with van der Waals surface area (Å²) in [6, 6.07) is 0. The third kappa shape index (κ3) is 9.26. The van der Waals surface area contributed by atoms with Gasteiger partial charge in [0.25, 0.3) is 0 Å². The molecule has 1 spiro atoms. The van der Waals surface area contributed by atoms with Crippen LogP contribution in [0.3, 0.4) is 0 Å². The number of hydrogen-bond donors (Lipinski definition) is 12. The van der Waals surface area contributed by atoms with Crippen LogP contribution in [0.25, 0.3) is 0 Å². The summed E-state index contributed by atoms with van der Waals surface area (Å²) in [7, 11) is 0. The van der Waals surface area contributed by atoms with E-state index in [4.69, 9.17) is 47.4 Å². The van der Waals surface area contributed by atoms with Crippen LogP contribution < -0.4 is 0 Å². The Labute approximate surface area is 419 Å². The maximum atomic E-state index is 11.8. The molecule has 12 N–H and O–H groups in total. The van der Waals surface area contributed by atoms with E-state index < -0.39 is 149 Å². The minimum atomic E-state index is -2.00. The highest BCUT2D eigenvalue weighted by atomic mass is 16.8. The van der Waals surface area contributed by atoms with Crippen LogP contribution in [0.5, 0.6) is 0 Å². The van der Waals surface area contributed by atoms with Gasteiger partial charge in [-0.3, -0.25) is 0 Å². The lowest BCUT2D eigenvalue weighted by atomic mass is 9.44. The number of rotatable bonds is 11. The summed E-state index contributed by atoms with van der Waals surface area (Å²) in [6.45, 7) is 7.42. The van der Waals surface area contributed by atoms with Gasteiger partial charge in [0.2, 0.25) is 0 Å². The Hall–Kier alpha value is -0.880. The van der Waals surface area contributed by atoms with Gasteiger partial charge < -0.3 is 109 Å². The summed E-state index contributed by atoms with van der Waals surface area (Å²) >= 11 is 0. The molecule has 0 aromatic carbocycles. The maximum absolute atomic E-state index is 11.8. The largest absolute Gasteiger partial charge is 0.394 e. The van der Waals surface area contributed by atoms with Crippen LogP contribution >= 0.6 is 0 Å². The Kier molecular flexibility index (Phi) is 15.9. The van der Waals surface area contributed by atoms with Crippen molar-refractivity contribution in [3.8, 4) is 0 Å². The molecule has 6 heterocycles. The minimum Gasteiger partial charge on any atom is -0.394 e. The van der Waals surface area contributed by atoms with Gasteiger partial charge in [0.1, 0.15) is 91.6 Å². The molecule has 10 aliphatic rings. The van der Waals surface area contributed by atoms with Crippen molar-refractivity contribution in [3.63, 3.8) is 0 Å². The lowest BCUT2D eigenvalue weighted by Crippen LogP contribution is -2.68. The fourth-order valence-corrected chi connectivity index (χ4v) is 15.9. The number of hydrogen-bond acceptors (Lipinski definition) is 22. The molecule has 414 valence electrons. The monoisotopic (exact) mass is 1030 g/mol. The molecule has 22 nitrogen and oxygen atoms in total. The summed E-state index contributed by atoms with van der Waals surface area (Å²) in [4.78, 5) is 0. The maximum Gasteiger partial charge on any atom is 0.187 e. The Bertz CT molecular complexity index is 1830. The van der Waals surface area contributed by atoms with Gasteiger partial charge >= 0.3 is 0 Å². The van der Waals surface area contributed by atoms with E-state index in [0.29, 0.717) is 47.8 Å². The summed E-state index contributed by atoms with van der Waals surface area (Å²) in [5, 5.41) is 129. The second kappa shape index (κ2) is 21.1. The molecule has 0 bridgehead atoms. The Morgan fingerprint density at radius 3 is 1.85 bits per heavy atom. The second-order valence-corrected chi connectivity index (χ2v) is 23.9. The highest BCUT2D eigenvalue weighted by Gasteiger charge is 2.69. The van der Waals surface area contributed by atoms with Gasteiger partial charge in [-0.25, -0.2) is 0 Å². The van der Waals surface area contributed by atoms with Crippen molar-refractivity contribution < 1.29 is 109 Å². The van der Waals surface area contributed by atoms with Gasteiger partial charge in [0.05, 0.1) is 45.2 Å². The molecule has 10 rings (SSSR count). The van der Waals surface area contributed by atoms with E-state index in [9.17, 15) is 61.3 Å². The highest BCUT2D eigenvalue weighted by Crippen LogP contribution is 2.71. The first kappa shape index (κ1) is 54.5. The lowest BCUT2D eigenvalue weighted by Gasteiger charge is -2.61. The van der Waals surface area contributed by atoms with Gasteiger partial charge in [0, 0.05) is 12.3 Å². The molecule has 4 saturated carbocycles. The van der Waals surface area contributed by atoms with Gasteiger partial charge in [-0.05, 0) is 104 Å². The normalized spacial score (nSPS) is 57.8. The third-order valence-corrected chi connectivity index (χ3v) is 20.0. The van der Waals surface area contributed by atoms with Gasteiger partial charge in [-0.2, -0.15) is 0 Å². The minimum absolute atomic E-state index is 0.0916. The van der Waals surface area contributed by atoms with Crippen LogP contribution in [-0.2, 0) is 47.4 Å². The fourth-order valence-electron chi connectivity index (χ4n) is 15.9. The molecule has 72 heavy (non-hydrogen) atoms. The van der Waals surface area contributed by atoms with Crippen molar-refractivity contribution in [2.75, 3.05) is 33.0 Å². The first-order valence-electron chi connectivity index (χ1n) is 26.7. The zero-order valence-corrected chi connectivity index (χ0v) is 41.7. The fraction of sp³-hybridized carbons (Fsp3) is 1.00. The number of aliphatic hydroxyl groups is 12. The van der Waals surface area contributed by atoms with Crippen molar-refractivity contribution in [3.05, 3.63) is 0 Å². The summed E-state index contributed by atoms with van der Waals surface area (Å²) in [5.41, 5.74) is 0.293. The summed E-state index contributed by atoms with van der Waals surface area (Å²) < 4.78 is 61.4. The van der Waals surface area contributed by atoms with Crippen molar-refractivity contribution in [1.82, 2.24) is 0 Å². The van der Waals surface area contributed by atoms with E-state index in [1.165, 1.54) is 12.8 Å². The predicted molar refractivity (Wildman–Crippen MR) is 242 cm³/mol. The van der Waals surface area contributed by atoms with Gasteiger partial charge in [-0.15, -0.1) is 0 Å². The van der Waals surface area contributed by atoms with E-state index >= 15 is 0 Å². The second-order valence-electron chi connectivity index (χ2n) is 23.9. The molecule has 6 aliphatic heterocycles. The van der Waals surface area contributed by atoms with E-state index in [1.807, 2.05) is 0 Å². The zero-order chi connectivity index (χ0) is 51.3. The Morgan fingerprint density at radius 2 is 1.14 bits per heavy atom. The van der Waals surface area contributed by atoms with E-state index in [-0.39, 0.29) is 23.0 Å². The van der Waals surface area contributed by atoms with E-state index in [1.54, 1.807) is 0 Å². The van der Waals surface area contributed by atoms with Crippen LogP contribution in [0.15, 0.2) is 0 Å². The molecular weight excluding hydrogens is 953 g/mol. The highest BCUT2D eigenvalue weighted by molar-refractivity contribution is 5.15. The summed E-state index contributed by atoms with van der Waals surface area (Å²) in [6.07, 6.45) is -22.9. The van der Waals surface area contributed by atoms with Crippen LogP contribution in [-0.4, -0.2) is 229 Å². The smallest absolute Gasteiger partial charge is 0.187 e. The van der Waals surface area contributed by atoms with Crippen molar-refractivity contribution in [1.29, 1.82) is 0 Å². The van der Waals surface area contributed by atoms with Gasteiger partial charge in [-0.1, -0.05) is 27.7 Å². The van der Waals surface area contributed by atoms with Crippen LogP contribution in [0.2, 0.25) is 0 Å². The number of fused-ring (bicyclic) bond motifs is 7. The molecule has 31 atom stereocenters. The Balaban J connectivity index is 0.812. The van der Waals surface area contributed by atoms with Gasteiger partial charge in [0.15, 0.2) is 30.9 Å². The van der Waals surface area contributed by atoms with E-state index in [0.717, 1.165) is 51.6 Å². The Morgan fingerprint density at radius 1 is 0.514 bits per heavy atom. The molecule has 0 amide bonds. The first-order chi connectivity index (χ1) is 34.3. The quantitative estimate of drug-likeness (QED) is 0.0971. The molecular formula is C50H82O22. The predicted octanol–water partition coefficient (Wildman–Crippen LogP) is -2.27. The standard InChI is InChI=1S/C50H82O22/c1-20-7-12-50(64-18-20)21(2)32-28(72-50)14-26-24-6-5-22-13-23(8-10-48(22,3)25(24)9-11-49(26,32)4)65-45-40(62)37(59)41(31(17-53)68-45)69-47-43(71-46-39(61)36(58)34(56)29(15-51)66-46)42(35(57)30(16-52)67-47)70-44-38(60)33(55)27(54)19-63-44/h20-47,51-62H,5-19H2,1-4H3/t20-,21+,22+,23+,24+,25+,26+,27-,28+,29-,30-,31-,32+,33+,34-,35-,36+,37-,38-,39-,40-,41+,42+,43-,44+,45-,46+,47+,48+,49+,50-/m1/s1.